The van der Waals surface area contributed by atoms with Gasteiger partial charge in [-0.05, 0) is 11.5 Å². The van der Waals surface area contributed by atoms with E-state index < -0.39 is 4.92 Å². The van der Waals surface area contributed by atoms with Crippen molar-refractivity contribution >= 4 is 22.3 Å². The molecule has 0 radical (unpaired) electrons. The quantitative estimate of drug-likeness (QED) is 0.568. The predicted octanol–water partition coefficient (Wildman–Crippen LogP) is 2.79. The van der Waals surface area contributed by atoms with Crippen molar-refractivity contribution in [3.63, 3.8) is 0 Å². The van der Waals surface area contributed by atoms with Crippen LogP contribution in [0.1, 0.15) is 0 Å². The van der Waals surface area contributed by atoms with Crippen molar-refractivity contribution in [3.05, 3.63) is 58.9 Å². The Morgan fingerprint density at radius 3 is 2.85 bits per heavy atom. The number of aromatic nitrogens is 2. The van der Waals surface area contributed by atoms with Crippen molar-refractivity contribution < 1.29 is 4.92 Å². The van der Waals surface area contributed by atoms with Gasteiger partial charge in [0.2, 0.25) is 0 Å². The molecule has 0 spiro atoms. The first-order valence-electron chi connectivity index (χ1n) is 5.90. The van der Waals surface area contributed by atoms with Crippen LogP contribution in [0.15, 0.2) is 48.8 Å². The number of pyridine rings is 2. The molecule has 0 aliphatic carbocycles. The first kappa shape index (κ1) is 12.0. The SMILES string of the molecule is Nc1cc([N+](=O)[O-])cc(-c2cccc3cnccc23)n1. The zero-order valence-electron chi connectivity index (χ0n) is 10.4. The van der Waals surface area contributed by atoms with E-state index >= 15 is 0 Å². The van der Waals surface area contributed by atoms with Gasteiger partial charge in [-0.1, -0.05) is 18.2 Å². The molecular weight excluding hydrogens is 256 g/mol. The molecule has 6 nitrogen and oxygen atoms in total. The van der Waals surface area contributed by atoms with Crippen molar-refractivity contribution in [3.8, 4) is 11.3 Å². The first-order chi connectivity index (χ1) is 9.65. The summed E-state index contributed by atoms with van der Waals surface area (Å²) in [5, 5.41) is 12.8. The third-order valence-corrected chi connectivity index (χ3v) is 3.00. The van der Waals surface area contributed by atoms with Gasteiger partial charge < -0.3 is 5.73 Å². The monoisotopic (exact) mass is 266 g/mol. The van der Waals surface area contributed by atoms with Gasteiger partial charge in [-0.2, -0.15) is 0 Å². The van der Waals surface area contributed by atoms with Crippen LogP contribution in [0.4, 0.5) is 11.5 Å². The molecule has 0 bridgehead atoms. The first-order valence-corrected chi connectivity index (χ1v) is 5.90. The molecule has 3 rings (SSSR count). The summed E-state index contributed by atoms with van der Waals surface area (Å²) in [4.78, 5) is 18.7. The number of nitrogens with zero attached hydrogens (tertiary/aromatic N) is 3. The molecule has 0 saturated carbocycles. The molecule has 2 N–H and O–H groups in total. The second kappa shape index (κ2) is 4.58. The molecule has 6 heteroatoms. The molecule has 0 atom stereocenters. The Hall–Kier alpha value is -3.02. The molecule has 2 aromatic heterocycles. The van der Waals surface area contributed by atoms with Crippen molar-refractivity contribution in [1.29, 1.82) is 0 Å². The Morgan fingerprint density at radius 1 is 1.20 bits per heavy atom. The Kier molecular flexibility index (Phi) is 2.76. The van der Waals surface area contributed by atoms with Crippen LogP contribution in [0.2, 0.25) is 0 Å². The van der Waals surface area contributed by atoms with Gasteiger partial charge in [-0.15, -0.1) is 0 Å². The standard InChI is InChI=1S/C14H10N4O2/c15-14-7-10(18(19)20)6-13(17-14)12-3-1-2-9-8-16-5-4-11(9)12/h1-8H,(H2,15,17). The lowest BCUT2D eigenvalue weighted by Crippen LogP contribution is -1.97. The average molecular weight is 266 g/mol. The lowest BCUT2D eigenvalue weighted by atomic mass is 10.0. The molecule has 0 saturated heterocycles. The smallest absolute Gasteiger partial charge is 0.275 e. The van der Waals surface area contributed by atoms with Gasteiger partial charge in [0.1, 0.15) is 5.82 Å². The molecule has 2 heterocycles. The summed E-state index contributed by atoms with van der Waals surface area (Å²) in [5.41, 5.74) is 6.85. The summed E-state index contributed by atoms with van der Waals surface area (Å²) < 4.78 is 0. The Bertz CT molecular complexity index is 812. The van der Waals surface area contributed by atoms with Gasteiger partial charge in [-0.25, -0.2) is 4.98 Å². The van der Waals surface area contributed by atoms with Gasteiger partial charge in [0, 0.05) is 29.4 Å². The normalized spacial score (nSPS) is 10.6. The summed E-state index contributed by atoms with van der Waals surface area (Å²) in [6.07, 6.45) is 3.41. The van der Waals surface area contributed by atoms with Crippen LogP contribution in [0.25, 0.3) is 22.0 Å². The molecule has 3 aromatic rings. The molecule has 0 aliphatic rings. The fourth-order valence-corrected chi connectivity index (χ4v) is 2.13. The zero-order chi connectivity index (χ0) is 14.1. The minimum atomic E-state index is -0.478. The number of benzene rings is 1. The lowest BCUT2D eigenvalue weighted by Gasteiger charge is -2.06. The van der Waals surface area contributed by atoms with Crippen LogP contribution in [-0.2, 0) is 0 Å². The fourth-order valence-electron chi connectivity index (χ4n) is 2.13. The number of nitrogen functional groups attached to an aromatic ring is 1. The number of hydrogen-bond acceptors (Lipinski definition) is 5. The number of hydrogen-bond donors (Lipinski definition) is 1. The lowest BCUT2D eigenvalue weighted by molar-refractivity contribution is -0.384. The number of rotatable bonds is 2. The second-order valence-corrected chi connectivity index (χ2v) is 4.29. The number of nitrogens with two attached hydrogens (primary N) is 1. The fraction of sp³-hybridized carbons (Fsp3) is 0. The van der Waals surface area contributed by atoms with E-state index in [9.17, 15) is 10.1 Å². The minimum absolute atomic E-state index is 0.0708. The molecular formula is C14H10N4O2. The van der Waals surface area contributed by atoms with E-state index in [0.29, 0.717) is 5.69 Å². The average Bonchev–Trinajstić information content (AvgIpc) is 2.46. The summed E-state index contributed by atoms with van der Waals surface area (Å²) in [7, 11) is 0. The van der Waals surface area contributed by atoms with Crippen LogP contribution in [-0.4, -0.2) is 14.9 Å². The Morgan fingerprint density at radius 2 is 2.05 bits per heavy atom. The molecule has 0 aliphatic heterocycles. The van der Waals surface area contributed by atoms with Crippen LogP contribution in [0.3, 0.4) is 0 Å². The Balaban J connectivity index is 2.28. The molecule has 0 fully saturated rings. The van der Waals surface area contributed by atoms with E-state index in [1.165, 1.54) is 12.1 Å². The van der Waals surface area contributed by atoms with Gasteiger partial charge in [0.15, 0.2) is 0 Å². The third-order valence-electron chi connectivity index (χ3n) is 3.00. The van der Waals surface area contributed by atoms with E-state index in [0.717, 1.165) is 16.3 Å². The highest BCUT2D eigenvalue weighted by Crippen LogP contribution is 2.29. The van der Waals surface area contributed by atoms with E-state index in [2.05, 4.69) is 9.97 Å². The second-order valence-electron chi connectivity index (χ2n) is 4.29. The number of nitro groups is 1. The molecule has 0 unspecified atom stereocenters. The van der Waals surface area contributed by atoms with Crippen molar-refractivity contribution in [2.45, 2.75) is 0 Å². The maximum atomic E-state index is 10.9. The predicted molar refractivity (Wildman–Crippen MR) is 76.0 cm³/mol. The van der Waals surface area contributed by atoms with Gasteiger partial charge >= 0.3 is 0 Å². The van der Waals surface area contributed by atoms with Gasteiger partial charge in [0.25, 0.3) is 5.69 Å². The maximum absolute atomic E-state index is 10.9. The molecule has 1 aromatic carbocycles. The zero-order valence-corrected chi connectivity index (χ0v) is 10.4. The summed E-state index contributed by atoms with van der Waals surface area (Å²) in [5.74, 6) is 0.125. The van der Waals surface area contributed by atoms with E-state index in [-0.39, 0.29) is 11.5 Å². The summed E-state index contributed by atoms with van der Waals surface area (Å²) in [6, 6.07) is 10.2. The summed E-state index contributed by atoms with van der Waals surface area (Å²) in [6.45, 7) is 0. The minimum Gasteiger partial charge on any atom is -0.383 e. The van der Waals surface area contributed by atoms with E-state index in [1.54, 1.807) is 12.4 Å². The van der Waals surface area contributed by atoms with Crippen LogP contribution in [0, 0.1) is 10.1 Å². The molecule has 20 heavy (non-hydrogen) atoms. The third kappa shape index (κ3) is 2.03. The molecule has 98 valence electrons. The van der Waals surface area contributed by atoms with Crippen LogP contribution >= 0.6 is 0 Å². The van der Waals surface area contributed by atoms with Gasteiger partial charge in [-0.3, -0.25) is 15.1 Å². The highest BCUT2D eigenvalue weighted by Gasteiger charge is 2.12. The maximum Gasteiger partial charge on any atom is 0.275 e. The largest absolute Gasteiger partial charge is 0.383 e. The Labute approximate surface area is 114 Å². The topological polar surface area (TPSA) is 94.9 Å². The van der Waals surface area contributed by atoms with E-state index in [1.807, 2.05) is 24.3 Å². The van der Waals surface area contributed by atoms with Crippen LogP contribution < -0.4 is 5.73 Å². The van der Waals surface area contributed by atoms with Crippen molar-refractivity contribution in [2.24, 2.45) is 0 Å². The number of fused-ring (bicyclic) bond motifs is 1. The number of anilines is 1. The summed E-state index contributed by atoms with van der Waals surface area (Å²) >= 11 is 0. The highest BCUT2D eigenvalue weighted by molar-refractivity contribution is 5.95. The van der Waals surface area contributed by atoms with Crippen molar-refractivity contribution in [2.75, 3.05) is 5.73 Å². The van der Waals surface area contributed by atoms with Crippen LogP contribution in [0.5, 0.6) is 0 Å². The van der Waals surface area contributed by atoms with E-state index in [4.69, 9.17) is 5.73 Å². The highest BCUT2D eigenvalue weighted by atomic mass is 16.6. The van der Waals surface area contributed by atoms with Gasteiger partial charge in [0.05, 0.1) is 16.7 Å². The molecule has 0 amide bonds. The van der Waals surface area contributed by atoms with Crippen molar-refractivity contribution in [1.82, 2.24) is 9.97 Å².